The van der Waals surface area contributed by atoms with E-state index in [1.54, 1.807) is 27.0 Å². The third kappa shape index (κ3) is 3.77. The quantitative estimate of drug-likeness (QED) is 0.734. The van der Waals surface area contributed by atoms with Crippen LogP contribution in [0.15, 0.2) is 21.1 Å². The van der Waals surface area contributed by atoms with Gasteiger partial charge in [-0.25, -0.2) is 4.79 Å². The molecule has 1 amide bonds. The van der Waals surface area contributed by atoms with Gasteiger partial charge < -0.3 is 15.7 Å². The van der Waals surface area contributed by atoms with Crippen LogP contribution in [0.5, 0.6) is 0 Å². The summed E-state index contributed by atoms with van der Waals surface area (Å²) >= 11 is 6.47. The van der Waals surface area contributed by atoms with E-state index in [9.17, 15) is 14.7 Å². The maximum atomic E-state index is 12.1. The summed E-state index contributed by atoms with van der Waals surface area (Å²) in [6.07, 6.45) is 0. The Kier molecular flexibility index (Phi) is 5.11. The Morgan fingerprint density at radius 3 is 2.32 bits per heavy atom. The number of carbonyl (C=O) groups is 2. The highest BCUT2D eigenvalue weighted by molar-refractivity contribution is 9.11. The molecule has 0 saturated heterocycles. The molecule has 3 N–H and O–H groups in total. The monoisotopic (exact) mass is 392 g/mol. The number of halogens is 2. The number of amides is 1. The maximum absolute atomic E-state index is 12.1. The van der Waals surface area contributed by atoms with Gasteiger partial charge in [-0.05, 0) is 49.0 Å². The number of carboxylic acid groups (broad SMARTS) is 1. The number of hydrogen-bond donors (Lipinski definition) is 3. The van der Waals surface area contributed by atoms with Crippen LogP contribution in [-0.4, -0.2) is 29.6 Å². The first-order chi connectivity index (χ1) is 8.69. The highest BCUT2D eigenvalue weighted by Crippen LogP contribution is 2.31. The molecule has 0 aliphatic rings. The second-order valence-corrected chi connectivity index (χ2v) is 6.21. The minimum atomic E-state index is -1.11. The standard InChI is InChI=1S/C12H14Br2N2O3/c1-12(2,15-3)11(19)16-9-7(10(17)18)4-6(13)5-8(9)14/h4-5,15H,1-3H3,(H,16,19)(H,17,18). The van der Waals surface area contributed by atoms with Crippen LogP contribution in [0.3, 0.4) is 0 Å². The zero-order valence-electron chi connectivity index (χ0n) is 10.7. The minimum absolute atomic E-state index is 0.0153. The Bertz CT molecular complexity index is 530. The van der Waals surface area contributed by atoms with Gasteiger partial charge in [0.1, 0.15) is 0 Å². The van der Waals surface area contributed by atoms with E-state index in [2.05, 4.69) is 42.5 Å². The summed E-state index contributed by atoms with van der Waals surface area (Å²) in [5.74, 6) is -1.43. The average molecular weight is 394 g/mol. The smallest absolute Gasteiger partial charge is 0.337 e. The van der Waals surface area contributed by atoms with Gasteiger partial charge in [-0.2, -0.15) is 0 Å². The number of hydrogen-bond acceptors (Lipinski definition) is 3. The summed E-state index contributed by atoms with van der Waals surface area (Å²) in [6.45, 7) is 3.41. The lowest BCUT2D eigenvalue weighted by atomic mass is 10.0. The van der Waals surface area contributed by atoms with Crippen LogP contribution in [0.2, 0.25) is 0 Å². The first-order valence-electron chi connectivity index (χ1n) is 5.41. The van der Waals surface area contributed by atoms with E-state index in [1.807, 2.05) is 0 Å². The molecule has 0 unspecified atom stereocenters. The van der Waals surface area contributed by atoms with Crippen LogP contribution in [0.1, 0.15) is 24.2 Å². The van der Waals surface area contributed by atoms with Crippen LogP contribution >= 0.6 is 31.9 Å². The molecule has 0 aromatic heterocycles. The lowest BCUT2D eigenvalue weighted by Crippen LogP contribution is -2.48. The van der Waals surface area contributed by atoms with Gasteiger partial charge in [0.25, 0.3) is 0 Å². The van der Waals surface area contributed by atoms with Gasteiger partial charge in [-0.3, -0.25) is 4.79 Å². The van der Waals surface area contributed by atoms with E-state index in [0.29, 0.717) is 8.95 Å². The molecule has 104 valence electrons. The topological polar surface area (TPSA) is 78.4 Å². The van der Waals surface area contributed by atoms with E-state index >= 15 is 0 Å². The van der Waals surface area contributed by atoms with Crippen LogP contribution < -0.4 is 10.6 Å². The molecule has 0 heterocycles. The summed E-state index contributed by atoms with van der Waals surface area (Å²) in [6, 6.07) is 3.11. The molecule has 0 aliphatic carbocycles. The van der Waals surface area contributed by atoms with E-state index in [4.69, 9.17) is 0 Å². The van der Waals surface area contributed by atoms with E-state index in [1.165, 1.54) is 6.07 Å². The van der Waals surface area contributed by atoms with Gasteiger partial charge in [0.2, 0.25) is 5.91 Å². The third-order valence-electron chi connectivity index (χ3n) is 2.72. The number of nitrogens with one attached hydrogen (secondary N) is 2. The summed E-state index contributed by atoms with van der Waals surface area (Å²) < 4.78 is 1.11. The van der Waals surface area contributed by atoms with Crippen molar-refractivity contribution < 1.29 is 14.7 Å². The number of benzene rings is 1. The number of carboxylic acids is 1. The van der Waals surface area contributed by atoms with Crippen molar-refractivity contribution in [2.75, 3.05) is 12.4 Å². The lowest BCUT2D eigenvalue weighted by Gasteiger charge is -2.23. The van der Waals surface area contributed by atoms with Crippen molar-refractivity contribution in [1.82, 2.24) is 5.32 Å². The minimum Gasteiger partial charge on any atom is -0.478 e. The van der Waals surface area contributed by atoms with Gasteiger partial charge in [-0.1, -0.05) is 15.9 Å². The van der Waals surface area contributed by atoms with E-state index in [-0.39, 0.29) is 17.2 Å². The van der Waals surface area contributed by atoms with Gasteiger partial charge in [0, 0.05) is 8.95 Å². The number of carbonyl (C=O) groups excluding carboxylic acids is 1. The van der Waals surface area contributed by atoms with Crippen molar-refractivity contribution in [3.63, 3.8) is 0 Å². The maximum Gasteiger partial charge on any atom is 0.337 e. The largest absolute Gasteiger partial charge is 0.478 e. The Hall–Kier alpha value is -0.920. The van der Waals surface area contributed by atoms with Crippen molar-refractivity contribution in [2.45, 2.75) is 19.4 Å². The number of aromatic carboxylic acids is 1. The highest BCUT2D eigenvalue weighted by atomic mass is 79.9. The molecule has 0 fully saturated rings. The van der Waals surface area contributed by atoms with Gasteiger partial charge in [-0.15, -0.1) is 0 Å². The van der Waals surface area contributed by atoms with Crippen LogP contribution in [0, 0.1) is 0 Å². The second-order valence-electron chi connectivity index (χ2n) is 4.44. The Morgan fingerprint density at radius 2 is 1.84 bits per heavy atom. The fourth-order valence-corrected chi connectivity index (χ4v) is 2.58. The predicted molar refractivity (Wildman–Crippen MR) is 80.6 cm³/mol. The lowest BCUT2D eigenvalue weighted by molar-refractivity contribution is -0.121. The molecule has 7 heteroatoms. The third-order valence-corrected chi connectivity index (χ3v) is 3.80. The molecule has 0 radical (unpaired) electrons. The zero-order chi connectivity index (χ0) is 14.8. The van der Waals surface area contributed by atoms with Gasteiger partial charge in [0.05, 0.1) is 16.8 Å². The zero-order valence-corrected chi connectivity index (χ0v) is 13.8. The summed E-state index contributed by atoms with van der Waals surface area (Å²) in [5, 5.41) is 14.7. The predicted octanol–water partition coefficient (Wildman–Crippen LogP) is 2.85. The number of anilines is 1. The molecule has 5 nitrogen and oxygen atoms in total. The SMILES string of the molecule is CNC(C)(C)C(=O)Nc1c(Br)cc(Br)cc1C(=O)O. The fraction of sp³-hybridized carbons (Fsp3) is 0.333. The molecular weight excluding hydrogens is 380 g/mol. The van der Waals surface area contributed by atoms with Crippen molar-refractivity contribution >= 4 is 49.4 Å². The number of rotatable bonds is 4. The Balaban J connectivity index is 3.21. The van der Waals surface area contributed by atoms with Crippen LogP contribution in [0.4, 0.5) is 5.69 Å². The molecule has 1 aromatic carbocycles. The molecule has 1 aromatic rings. The molecule has 0 spiro atoms. The molecular formula is C12H14Br2N2O3. The molecule has 0 atom stereocenters. The Labute approximate surface area is 128 Å². The average Bonchev–Trinajstić information content (AvgIpc) is 2.31. The summed E-state index contributed by atoms with van der Waals surface area (Å²) in [5.41, 5.74) is -0.548. The first-order valence-corrected chi connectivity index (χ1v) is 7.00. The van der Waals surface area contributed by atoms with E-state index < -0.39 is 11.5 Å². The molecule has 0 bridgehead atoms. The van der Waals surface area contributed by atoms with E-state index in [0.717, 1.165) is 0 Å². The van der Waals surface area contributed by atoms with Crippen molar-refractivity contribution in [3.05, 3.63) is 26.6 Å². The van der Waals surface area contributed by atoms with Crippen molar-refractivity contribution in [2.24, 2.45) is 0 Å². The first kappa shape index (κ1) is 16.1. The molecule has 1 rings (SSSR count). The molecule has 0 aliphatic heterocycles. The summed E-state index contributed by atoms with van der Waals surface area (Å²) in [4.78, 5) is 23.3. The van der Waals surface area contributed by atoms with Crippen LogP contribution in [-0.2, 0) is 4.79 Å². The highest BCUT2D eigenvalue weighted by Gasteiger charge is 2.27. The van der Waals surface area contributed by atoms with Crippen LogP contribution in [0.25, 0.3) is 0 Å². The molecule has 19 heavy (non-hydrogen) atoms. The number of likely N-dealkylation sites (N-methyl/N-ethyl adjacent to an activating group) is 1. The Morgan fingerprint density at radius 1 is 1.26 bits per heavy atom. The fourth-order valence-electron chi connectivity index (χ4n) is 1.25. The summed E-state index contributed by atoms with van der Waals surface area (Å²) in [7, 11) is 1.66. The van der Waals surface area contributed by atoms with Crippen molar-refractivity contribution in [1.29, 1.82) is 0 Å². The second kappa shape index (κ2) is 6.02. The molecule has 0 saturated carbocycles. The van der Waals surface area contributed by atoms with Gasteiger partial charge >= 0.3 is 5.97 Å². The van der Waals surface area contributed by atoms with Crippen molar-refractivity contribution in [3.8, 4) is 0 Å². The normalized spacial score (nSPS) is 11.2. The van der Waals surface area contributed by atoms with Gasteiger partial charge in [0.15, 0.2) is 0 Å².